The number of aryl methyl sites for hydroxylation is 2. The zero-order valence-corrected chi connectivity index (χ0v) is 10.5. The molecule has 3 nitrogen and oxygen atoms in total. The lowest BCUT2D eigenvalue weighted by molar-refractivity contribution is 0.189. The van der Waals surface area contributed by atoms with Crippen LogP contribution in [-0.2, 0) is 17.6 Å². The van der Waals surface area contributed by atoms with Crippen LogP contribution in [0.2, 0.25) is 0 Å². The maximum atomic E-state index is 5.64. The summed E-state index contributed by atoms with van der Waals surface area (Å²) in [7, 11) is 1.74. The minimum Gasteiger partial charge on any atom is -0.385 e. The predicted octanol–water partition coefficient (Wildman–Crippen LogP) is 2.11. The Kier molecular flexibility index (Phi) is 4.54. The number of hydrogen-bond donors (Lipinski definition) is 2. The highest BCUT2D eigenvalue weighted by molar-refractivity contribution is 5.36. The molecule has 1 aromatic rings. The maximum Gasteiger partial charge on any atom is 0.0462 e. The first-order valence-electron chi connectivity index (χ1n) is 6.42. The van der Waals surface area contributed by atoms with Gasteiger partial charge >= 0.3 is 0 Å². The minimum absolute atomic E-state index is 0.246. The minimum atomic E-state index is 0.246. The Labute approximate surface area is 103 Å². The fourth-order valence-corrected chi connectivity index (χ4v) is 2.59. The van der Waals surface area contributed by atoms with E-state index in [9.17, 15) is 0 Å². The lowest BCUT2D eigenvalue weighted by Crippen LogP contribution is -2.28. The Hall–Kier alpha value is -0.900. The second-order valence-corrected chi connectivity index (χ2v) is 4.74. The van der Waals surface area contributed by atoms with Crippen molar-refractivity contribution in [1.29, 1.82) is 0 Å². The van der Waals surface area contributed by atoms with Gasteiger partial charge in [-0.3, -0.25) is 11.3 Å². The summed E-state index contributed by atoms with van der Waals surface area (Å²) >= 11 is 0. The highest BCUT2D eigenvalue weighted by Crippen LogP contribution is 2.26. The molecule has 1 aromatic carbocycles. The van der Waals surface area contributed by atoms with Gasteiger partial charge in [-0.1, -0.05) is 18.2 Å². The van der Waals surface area contributed by atoms with Crippen molar-refractivity contribution in [1.82, 2.24) is 5.43 Å². The number of nitrogens with two attached hydrogens (primary N) is 1. The molecule has 0 amide bonds. The van der Waals surface area contributed by atoms with Gasteiger partial charge in [0.25, 0.3) is 0 Å². The third-order valence-electron chi connectivity index (χ3n) is 3.57. The second-order valence-electron chi connectivity index (χ2n) is 4.74. The summed E-state index contributed by atoms with van der Waals surface area (Å²) in [6.07, 6.45) is 5.80. The van der Waals surface area contributed by atoms with Crippen molar-refractivity contribution in [2.75, 3.05) is 13.7 Å². The summed E-state index contributed by atoms with van der Waals surface area (Å²) in [5.74, 6) is 5.64. The Morgan fingerprint density at radius 2 is 2.18 bits per heavy atom. The third kappa shape index (κ3) is 3.06. The number of benzene rings is 1. The van der Waals surface area contributed by atoms with E-state index in [1.54, 1.807) is 7.11 Å². The molecule has 0 radical (unpaired) electrons. The standard InChI is InChI=1S/C14H22N2O/c1-17-9-3-6-14(16-15)13-8-7-11-4-2-5-12(11)10-13/h7-8,10,14,16H,2-6,9,15H2,1H3. The van der Waals surface area contributed by atoms with Gasteiger partial charge in [0.2, 0.25) is 0 Å². The van der Waals surface area contributed by atoms with Gasteiger partial charge in [-0.25, -0.2) is 0 Å². The molecule has 17 heavy (non-hydrogen) atoms. The molecule has 0 fully saturated rings. The fraction of sp³-hybridized carbons (Fsp3) is 0.571. The lowest BCUT2D eigenvalue weighted by Gasteiger charge is -2.17. The Morgan fingerprint density at radius 3 is 2.94 bits per heavy atom. The van der Waals surface area contributed by atoms with Crippen LogP contribution in [0.3, 0.4) is 0 Å². The van der Waals surface area contributed by atoms with Gasteiger partial charge in [0.05, 0.1) is 0 Å². The molecule has 3 N–H and O–H groups in total. The number of hydrogen-bond acceptors (Lipinski definition) is 3. The summed E-state index contributed by atoms with van der Waals surface area (Å²) in [5, 5.41) is 0. The SMILES string of the molecule is COCCCC(NN)c1ccc2c(c1)CCC2. The molecule has 0 saturated carbocycles. The van der Waals surface area contributed by atoms with Gasteiger partial charge in [-0.2, -0.15) is 0 Å². The maximum absolute atomic E-state index is 5.64. The topological polar surface area (TPSA) is 47.3 Å². The molecule has 0 bridgehead atoms. The van der Waals surface area contributed by atoms with E-state index in [-0.39, 0.29) is 6.04 Å². The second kappa shape index (κ2) is 6.15. The molecule has 0 aliphatic heterocycles. The Bertz CT molecular complexity index is 365. The number of rotatable bonds is 6. The van der Waals surface area contributed by atoms with Crippen LogP contribution in [0.15, 0.2) is 18.2 Å². The van der Waals surface area contributed by atoms with E-state index < -0.39 is 0 Å². The van der Waals surface area contributed by atoms with Crippen LogP contribution in [-0.4, -0.2) is 13.7 Å². The quantitative estimate of drug-likeness (QED) is 0.450. The van der Waals surface area contributed by atoms with Crippen molar-refractivity contribution < 1.29 is 4.74 Å². The van der Waals surface area contributed by atoms with Crippen molar-refractivity contribution in [2.24, 2.45) is 5.84 Å². The van der Waals surface area contributed by atoms with Crippen molar-refractivity contribution in [3.8, 4) is 0 Å². The van der Waals surface area contributed by atoms with E-state index in [1.165, 1.54) is 36.0 Å². The van der Waals surface area contributed by atoms with Gasteiger partial charge in [-0.05, 0) is 48.8 Å². The molecule has 1 unspecified atom stereocenters. The predicted molar refractivity (Wildman–Crippen MR) is 69.6 cm³/mol. The van der Waals surface area contributed by atoms with Crippen LogP contribution in [0.4, 0.5) is 0 Å². The van der Waals surface area contributed by atoms with Crippen LogP contribution < -0.4 is 11.3 Å². The molecule has 3 heteroatoms. The summed E-state index contributed by atoms with van der Waals surface area (Å²) in [6, 6.07) is 7.04. The highest BCUT2D eigenvalue weighted by Gasteiger charge is 2.14. The van der Waals surface area contributed by atoms with E-state index in [0.29, 0.717) is 0 Å². The average molecular weight is 234 g/mol. The van der Waals surface area contributed by atoms with Crippen LogP contribution in [0.5, 0.6) is 0 Å². The first-order valence-corrected chi connectivity index (χ1v) is 6.42. The molecule has 0 saturated heterocycles. The van der Waals surface area contributed by atoms with Crippen LogP contribution in [0, 0.1) is 0 Å². The number of fused-ring (bicyclic) bond motifs is 1. The molecular weight excluding hydrogens is 212 g/mol. The number of ether oxygens (including phenoxy) is 1. The number of methoxy groups -OCH3 is 1. The van der Waals surface area contributed by atoms with Crippen LogP contribution in [0.25, 0.3) is 0 Å². The van der Waals surface area contributed by atoms with E-state index >= 15 is 0 Å². The smallest absolute Gasteiger partial charge is 0.0462 e. The summed E-state index contributed by atoms with van der Waals surface area (Å²) in [5.41, 5.74) is 7.25. The molecule has 1 aliphatic rings. The molecular formula is C14H22N2O. The van der Waals surface area contributed by atoms with Crippen LogP contribution in [0.1, 0.15) is 42.0 Å². The van der Waals surface area contributed by atoms with Gasteiger partial charge in [0.15, 0.2) is 0 Å². The van der Waals surface area contributed by atoms with E-state index in [2.05, 4.69) is 23.6 Å². The Morgan fingerprint density at radius 1 is 1.35 bits per heavy atom. The van der Waals surface area contributed by atoms with E-state index in [0.717, 1.165) is 19.4 Å². The average Bonchev–Trinajstić information content (AvgIpc) is 2.82. The molecule has 1 aliphatic carbocycles. The zero-order valence-electron chi connectivity index (χ0n) is 10.5. The van der Waals surface area contributed by atoms with Gasteiger partial charge in [-0.15, -0.1) is 0 Å². The molecule has 2 rings (SSSR count). The fourth-order valence-electron chi connectivity index (χ4n) is 2.59. The molecule has 0 spiro atoms. The zero-order chi connectivity index (χ0) is 12.1. The monoisotopic (exact) mass is 234 g/mol. The van der Waals surface area contributed by atoms with Gasteiger partial charge in [0, 0.05) is 19.8 Å². The summed E-state index contributed by atoms with van der Waals surface area (Å²) in [6.45, 7) is 0.795. The van der Waals surface area contributed by atoms with E-state index in [4.69, 9.17) is 10.6 Å². The first-order chi connectivity index (χ1) is 8.35. The lowest BCUT2D eigenvalue weighted by atomic mass is 9.98. The van der Waals surface area contributed by atoms with Gasteiger partial charge < -0.3 is 4.74 Å². The first kappa shape index (κ1) is 12.6. The van der Waals surface area contributed by atoms with E-state index in [1.807, 2.05) is 0 Å². The van der Waals surface area contributed by atoms with Crippen molar-refractivity contribution in [3.63, 3.8) is 0 Å². The van der Waals surface area contributed by atoms with Crippen molar-refractivity contribution >= 4 is 0 Å². The van der Waals surface area contributed by atoms with Crippen LogP contribution >= 0.6 is 0 Å². The molecule has 94 valence electrons. The van der Waals surface area contributed by atoms with Gasteiger partial charge in [0.1, 0.15) is 0 Å². The summed E-state index contributed by atoms with van der Waals surface area (Å²) in [4.78, 5) is 0. The number of hydrazine groups is 1. The molecule has 0 aromatic heterocycles. The number of nitrogens with one attached hydrogen (secondary N) is 1. The summed E-state index contributed by atoms with van der Waals surface area (Å²) < 4.78 is 5.08. The normalized spacial score (nSPS) is 15.9. The highest BCUT2D eigenvalue weighted by atomic mass is 16.5. The molecule has 0 heterocycles. The Balaban J connectivity index is 2.03. The largest absolute Gasteiger partial charge is 0.385 e. The molecule has 1 atom stereocenters. The van der Waals surface area contributed by atoms with Crippen molar-refractivity contribution in [2.45, 2.75) is 38.1 Å². The third-order valence-corrected chi connectivity index (χ3v) is 3.57. The van der Waals surface area contributed by atoms with Crippen molar-refractivity contribution in [3.05, 3.63) is 34.9 Å².